The number of ether oxygens (including phenoxy) is 1. The predicted molar refractivity (Wildman–Crippen MR) is 190 cm³/mol. The van der Waals surface area contributed by atoms with Gasteiger partial charge in [0.15, 0.2) is 0 Å². The van der Waals surface area contributed by atoms with Gasteiger partial charge in [-0.1, -0.05) is 47.5 Å². The van der Waals surface area contributed by atoms with Gasteiger partial charge in [0, 0.05) is 0 Å². The molecule has 0 aliphatic heterocycles. The van der Waals surface area contributed by atoms with E-state index >= 15 is 0 Å². The standard InChI is InChI=1S/C26H38N2O.2C7H5O.Zr/c1-15-17(3)21(7)25(22(8)18(15)4)27-11-13-29-14-12-28-26-23(9)19(5)16(2)20(6)24(26)10;2*8-6-7-4-2-1-3-5-7;/h11-14H2,1-10H3;2*1-5H;/q-2;2*-1;+3/p+1. The van der Waals surface area contributed by atoms with E-state index in [0.717, 1.165) is 37.7 Å². The van der Waals surface area contributed by atoms with Crippen molar-refractivity contribution >= 4 is 23.9 Å². The van der Waals surface area contributed by atoms with Crippen molar-refractivity contribution < 1.29 is 40.5 Å². The molecule has 1 radical (unpaired) electrons. The number of hydrogen-bond donors (Lipinski definition) is 0. The topological polar surface area (TPSA) is 75.1 Å². The molecule has 0 aliphatic carbocycles. The molecule has 0 amide bonds. The van der Waals surface area contributed by atoms with Gasteiger partial charge in [0.1, 0.15) is 13.2 Å². The molecule has 4 rings (SSSR count). The second kappa shape index (κ2) is 20.7. The number of aliphatic hydroxyl groups is 2. The fourth-order valence-electron chi connectivity index (χ4n) is 5.02. The van der Waals surface area contributed by atoms with Gasteiger partial charge in [0.25, 0.3) is 0 Å². The van der Waals surface area contributed by atoms with E-state index < -0.39 is 0 Å². The van der Waals surface area contributed by atoms with E-state index in [4.69, 9.17) is 10.6 Å². The van der Waals surface area contributed by atoms with Crippen molar-refractivity contribution in [2.75, 3.05) is 26.3 Å². The van der Waals surface area contributed by atoms with Crippen LogP contribution in [0.15, 0.2) is 60.7 Å². The number of carbonyl (C=O) groups excluding carboxylic acids is 2. The molecule has 0 heterocycles. The van der Waals surface area contributed by atoms with Crippen molar-refractivity contribution in [2.24, 2.45) is 0 Å². The van der Waals surface area contributed by atoms with Crippen LogP contribution in [-0.4, -0.2) is 43.6 Å². The molecule has 1 N–H and O–H groups in total. The van der Waals surface area contributed by atoms with Crippen LogP contribution in [-0.2, 0) is 35.8 Å². The summed E-state index contributed by atoms with van der Waals surface area (Å²) >= 11 is 0. The van der Waals surface area contributed by atoms with Crippen LogP contribution in [0.4, 0.5) is 11.4 Å². The normalized spacial score (nSPS) is 9.96. The third-order valence-corrected chi connectivity index (χ3v) is 8.76. The first-order valence-electron chi connectivity index (χ1n) is 15.4. The largest absolute Gasteiger partial charge is 3.00 e. The minimum Gasteiger partial charge on any atom is -0.678 e. The van der Waals surface area contributed by atoms with Crippen molar-refractivity contribution in [3.63, 3.8) is 0 Å². The Bertz CT molecular complexity index is 1380. The molecule has 0 unspecified atom stereocenters. The van der Waals surface area contributed by atoms with Crippen LogP contribution in [0.25, 0.3) is 10.6 Å². The fraction of sp³-hybridized carbons (Fsp3) is 0.350. The van der Waals surface area contributed by atoms with E-state index in [1.165, 1.54) is 55.6 Å². The third-order valence-electron chi connectivity index (χ3n) is 8.76. The average Bonchev–Trinajstić information content (AvgIpc) is 3.08. The maximum Gasteiger partial charge on any atom is 3.00 e. The molecule has 4 aromatic carbocycles. The van der Waals surface area contributed by atoms with Crippen molar-refractivity contribution in [1.29, 1.82) is 0 Å². The van der Waals surface area contributed by atoms with Crippen molar-refractivity contribution in [1.82, 2.24) is 0 Å². The van der Waals surface area contributed by atoms with Crippen molar-refractivity contribution in [3.8, 4) is 0 Å². The Morgan fingerprint density at radius 2 is 0.717 bits per heavy atom. The minimum absolute atomic E-state index is 0. The Hall–Kier alpha value is -3.34. The number of rotatable bonds is 10. The maximum absolute atomic E-state index is 9.88. The first-order chi connectivity index (χ1) is 21.5. The molecule has 0 bridgehead atoms. The second-order valence-electron chi connectivity index (χ2n) is 11.3. The predicted octanol–water partition coefficient (Wildman–Crippen LogP) is 9.30. The number of hydrogen-bond acceptors (Lipinski definition) is 2. The van der Waals surface area contributed by atoms with Gasteiger partial charge in [-0.05, 0) is 103 Å². The molecule has 6 heteroatoms. The van der Waals surface area contributed by atoms with Gasteiger partial charge < -0.3 is 25.0 Å². The molecule has 0 aliphatic rings. The zero-order valence-corrected chi connectivity index (χ0v) is 31.7. The Kier molecular flexibility index (Phi) is 18.3. The van der Waals surface area contributed by atoms with E-state index in [1.54, 1.807) is 61.1 Å². The summed E-state index contributed by atoms with van der Waals surface area (Å²) in [6, 6.07) is 17.8. The molecule has 241 valence electrons. The molecule has 0 aromatic heterocycles. The Morgan fingerprint density at radius 3 is 0.957 bits per heavy atom. The van der Waals surface area contributed by atoms with Crippen LogP contribution < -0.4 is 0 Å². The Balaban J connectivity index is 0.000000503. The van der Waals surface area contributed by atoms with Gasteiger partial charge in [-0.25, -0.2) is 0 Å². The summed E-state index contributed by atoms with van der Waals surface area (Å²) in [6.07, 6.45) is 3.55. The van der Waals surface area contributed by atoms with Gasteiger partial charge in [0.05, 0.1) is 12.6 Å². The molecule has 0 spiro atoms. The molecule has 0 saturated heterocycles. The van der Waals surface area contributed by atoms with E-state index in [1.807, 2.05) is 12.1 Å². The number of benzene rings is 4. The molecule has 4 aromatic rings. The summed E-state index contributed by atoms with van der Waals surface area (Å²) in [7, 11) is 0. The summed E-state index contributed by atoms with van der Waals surface area (Å²) in [5, 5.41) is 9.72. The van der Waals surface area contributed by atoms with Crippen molar-refractivity contribution in [3.05, 3.63) is 138 Å². The molecular weight excluding hydrogens is 648 g/mol. The van der Waals surface area contributed by atoms with Crippen LogP contribution >= 0.6 is 0 Å². The first kappa shape index (κ1) is 40.7. The fourth-order valence-corrected chi connectivity index (χ4v) is 5.02. The summed E-state index contributed by atoms with van der Waals surface area (Å²) in [6.45, 7) is 24.9. The summed E-state index contributed by atoms with van der Waals surface area (Å²) in [5.41, 5.74) is 16.9. The zero-order chi connectivity index (χ0) is 33.5. The van der Waals surface area contributed by atoms with Gasteiger partial charge in [-0.15, -0.1) is 35.6 Å². The SMILES string of the molecule is Cc1c(C)c(C)c([N-]CC[OH+]CC[N-]c2c(C)c(C)c(C)c(C)c2C)c(C)c1C.O=[C-]c1ccccc1.O=[C-]c1ccccc1.[Zr+3]. The van der Waals surface area contributed by atoms with Gasteiger partial charge in [0.2, 0.25) is 0 Å². The van der Waals surface area contributed by atoms with E-state index in [9.17, 15) is 9.59 Å². The molecule has 0 saturated carbocycles. The van der Waals surface area contributed by atoms with Crippen LogP contribution in [0.1, 0.15) is 66.8 Å². The Morgan fingerprint density at radius 1 is 0.457 bits per heavy atom. The smallest absolute Gasteiger partial charge is 0.678 e. The van der Waals surface area contributed by atoms with E-state index in [2.05, 4.69) is 74.0 Å². The summed E-state index contributed by atoms with van der Waals surface area (Å²) in [4.78, 5) is 19.8. The van der Waals surface area contributed by atoms with Crippen LogP contribution in [0.3, 0.4) is 0 Å². The Labute approximate surface area is 296 Å². The zero-order valence-electron chi connectivity index (χ0n) is 29.3. The summed E-state index contributed by atoms with van der Waals surface area (Å²) in [5.74, 6) is 0. The monoisotopic (exact) mass is 695 g/mol. The van der Waals surface area contributed by atoms with Gasteiger partial charge in [-0.3, -0.25) is 0 Å². The van der Waals surface area contributed by atoms with Gasteiger partial charge >= 0.3 is 26.2 Å². The maximum atomic E-state index is 9.88. The van der Waals surface area contributed by atoms with Crippen LogP contribution in [0.5, 0.6) is 0 Å². The van der Waals surface area contributed by atoms with E-state index in [-0.39, 0.29) is 26.2 Å². The van der Waals surface area contributed by atoms with Gasteiger partial charge in [-0.2, -0.15) is 35.4 Å². The van der Waals surface area contributed by atoms with Crippen LogP contribution in [0.2, 0.25) is 0 Å². The second-order valence-corrected chi connectivity index (χ2v) is 11.3. The van der Waals surface area contributed by atoms with Crippen LogP contribution in [0, 0.1) is 69.2 Å². The van der Waals surface area contributed by atoms with E-state index in [0.29, 0.717) is 11.1 Å². The summed E-state index contributed by atoms with van der Waals surface area (Å²) < 4.78 is 4.66. The average molecular weight is 697 g/mol. The third kappa shape index (κ3) is 11.5. The molecular formula is C40H49N2O3Zr. The van der Waals surface area contributed by atoms with Crippen molar-refractivity contribution in [2.45, 2.75) is 69.2 Å². The molecule has 46 heavy (non-hydrogen) atoms. The molecule has 0 fully saturated rings. The molecule has 5 nitrogen and oxygen atoms in total. The first-order valence-corrected chi connectivity index (χ1v) is 15.4. The number of nitrogens with zero attached hydrogens (tertiary/aromatic N) is 2. The minimum atomic E-state index is 0. The quantitative estimate of drug-likeness (QED) is 0.0942. The molecule has 0 atom stereocenters.